The molecule has 1 atom stereocenters. The lowest BCUT2D eigenvalue weighted by molar-refractivity contribution is 0.00578. The maximum atomic E-state index is 5.92. The van der Waals surface area contributed by atoms with Crippen molar-refractivity contribution in [1.29, 1.82) is 0 Å². The van der Waals surface area contributed by atoms with Gasteiger partial charge in [0.25, 0.3) is 0 Å². The number of methoxy groups -OCH3 is 1. The highest BCUT2D eigenvalue weighted by atomic mass is 16.7. The van der Waals surface area contributed by atoms with E-state index in [1.165, 1.54) is 0 Å². The number of rotatable bonds is 6. The van der Waals surface area contributed by atoms with Crippen LogP contribution in [-0.2, 0) is 14.0 Å². The van der Waals surface area contributed by atoms with E-state index in [0.29, 0.717) is 5.92 Å². The second kappa shape index (κ2) is 6.22. The SMILES string of the molecule is CCC(/C=C/B1OC(C)(C)C(C)(C)O1)CCOC. The molecule has 0 aromatic carbocycles. The van der Waals surface area contributed by atoms with Gasteiger partial charge in [0, 0.05) is 13.7 Å². The molecule has 0 amide bonds. The fourth-order valence-corrected chi connectivity index (χ4v) is 1.92. The lowest BCUT2D eigenvalue weighted by atomic mass is 9.87. The van der Waals surface area contributed by atoms with Crippen molar-refractivity contribution in [1.82, 2.24) is 0 Å². The van der Waals surface area contributed by atoms with Gasteiger partial charge in [0.15, 0.2) is 0 Å². The Balaban J connectivity index is 2.53. The molecule has 1 aliphatic rings. The van der Waals surface area contributed by atoms with Crippen LogP contribution in [0.2, 0.25) is 0 Å². The van der Waals surface area contributed by atoms with Crippen LogP contribution in [0.1, 0.15) is 47.5 Å². The van der Waals surface area contributed by atoms with E-state index in [4.69, 9.17) is 14.0 Å². The van der Waals surface area contributed by atoms with Gasteiger partial charge in [-0.2, -0.15) is 0 Å². The Labute approximate surface area is 112 Å². The van der Waals surface area contributed by atoms with Gasteiger partial charge < -0.3 is 14.0 Å². The first-order chi connectivity index (χ1) is 8.32. The third-order valence-corrected chi connectivity index (χ3v) is 4.03. The maximum Gasteiger partial charge on any atom is 0.486 e. The van der Waals surface area contributed by atoms with Gasteiger partial charge in [-0.3, -0.25) is 0 Å². The van der Waals surface area contributed by atoms with Crippen molar-refractivity contribution in [2.24, 2.45) is 5.92 Å². The summed E-state index contributed by atoms with van der Waals surface area (Å²) >= 11 is 0. The molecule has 0 radical (unpaired) electrons. The van der Waals surface area contributed by atoms with Crippen LogP contribution in [0.4, 0.5) is 0 Å². The molecule has 0 aromatic rings. The van der Waals surface area contributed by atoms with E-state index in [0.717, 1.165) is 19.4 Å². The normalized spacial score (nSPS) is 23.8. The fourth-order valence-electron chi connectivity index (χ4n) is 1.92. The first-order valence-electron chi connectivity index (χ1n) is 6.85. The van der Waals surface area contributed by atoms with Gasteiger partial charge in [-0.15, -0.1) is 0 Å². The zero-order chi connectivity index (χ0) is 13.8. The van der Waals surface area contributed by atoms with E-state index in [1.807, 2.05) is 5.98 Å². The highest BCUT2D eigenvalue weighted by Crippen LogP contribution is 2.37. The molecular formula is C14H27BO3. The summed E-state index contributed by atoms with van der Waals surface area (Å²) < 4.78 is 17.0. The minimum Gasteiger partial charge on any atom is -0.400 e. The van der Waals surface area contributed by atoms with Crippen LogP contribution >= 0.6 is 0 Å². The molecule has 1 heterocycles. The van der Waals surface area contributed by atoms with Crippen molar-refractivity contribution in [3.63, 3.8) is 0 Å². The average Bonchev–Trinajstić information content (AvgIpc) is 2.48. The molecule has 104 valence electrons. The number of allylic oxidation sites excluding steroid dienone is 1. The second-order valence-corrected chi connectivity index (χ2v) is 5.96. The Kier molecular flexibility index (Phi) is 5.44. The number of hydrogen-bond donors (Lipinski definition) is 0. The van der Waals surface area contributed by atoms with Crippen molar-refractivity contribution in [2.75, 3.05) is 13.7 Å². The molecule has 1 saturated heterocycles. The lowest BCUT2D eigenvalue weighted by Gasteiger charge is -2.32. The standard InChI is InChI=1S/C14H27BO3/c1-7-12(9-11-16-6)8-10-15-17-13(2,3)14(4,5)18-15/h8,10,12H,7,9,11H2,1-6H3/b10-8+. The molecule has 1 fully saturated rings. The number of ether oxygens (including phenoxy) is 1. The largest absolute Gasteiger partial charge is 0.486 e. The molecule has 1 aliphatic heterocycles. The molecule has 0 N–H and O–H groups in total. The molecule has 0 bridgehead atoms. The summed E-state index contributed by atoms with van der Waals surface area (Å²) in [5.74, 6) is 2.57. The Morgan fingerprint density at radius 3 is 2.17 bits per heavy atom. The summed E-state index contributed by atoms with van der Waals surface area (Å²) in [5.41, 5.74) is -0.507. The van der Waals surface area contributed by atoms with Gasteiger partial charge in [0.2, 0.25) is 0 Å². The molecule has 1 rings (SSSR count). The van der Waals surface area contributed by atoms with E-state index < -0.39 is 0 Å². The summed E-state index contributed by atoms with van der Waals surface area (Å²) in [4.78, 5) is 0. The molecule has 0 spiro atoms. The molecular weight excluding hydrogens is 227 g/mol. The topological polar surface area (TPSA) is 27.7 Å². The molecule has 1 unspecified atom stereocenters. The quantitative estimate of drug-likeness (QED) is 0.681. The highest BCUT2D eigenvalue weighted by Gasteiger charge is 2.49. The van der Waals surface area contributed by atoms with Crippen molar-refractivity contribution in [3.05, 3.63) is 12.1 Å². The van der Waals surface area contributed by atoms with E-state index in [2.05, 4.69) is 40.7 Å². The summed E-state index contributed by atoms with van der Waals surface area (Å²) in [7, 11) is 1.51. The van der Waals surface area contributed by atoms with Crippen molar-refractivity contribution >= 4 is 7.12 Å². The van der Waals surface area contributed by atoms with Crippen molar-refractivity contribution in [3.8, 4) is 0 Å². The van der Waals surface area contributed by atoms with Gasteiger partial charge >= 0.3 is 7.12 Å². The van der Waals surface area contributed by atoms with E-state index in [1.54, 1.807) is 7.11 Å². The Morgan fingerprint density at radius 2 is 1.72 bits per heavy atom. The minimum absolute atomic E-state index is 0.230. The van der Waals surface area contributed by atoms with Gasteiger partial charge in [0.1, 0.15) is 0 Å². The van der Waals surface area contributed by atoms with E-state index in [-0.39, 0.29) is 18.3 Å². The van der Waals surface area contributed by atoms with Gasteiger partial charge in [-0.1, -0.05) is 19.0 Å². The van der Waals surface area contributed by atoms with E-state index in [9.17, 15) is 0 Å². The molecule has 4 heteroatoms. The molecule has 3 nitrogen and oxygen atoms in total. The average molecular weight is 254 g/mol. The van der Waals surface area contributed by atoms with Gasteiger partial charge in [0.05, 0.1) is 11.2 Å². The van der Waals surface area contributed by atoms with Crippen LogP contribution in [0.3, 0.4) is 0 Å². The maximum absolute atomic E-state index is 5.92. The first kappa shape index (κ1) is 15.7. The summed E-state index contributed by atoms with van der Waals surface area (Å²) in [6, 6.07) is 0. The number of hydrogen-bond acceptors (Lipinski definition) is 3. The molecule has 18 heavy (non-hydrogen) atoms. The van der Waals surface area contributed by atoms with Crippen molar-refractivity contribution in [2.45, 2.75) is 58.7 Å². The minimum atomic E-state index is -0.254. The second-order valence-electron chi connectivity index (χ2n) is 5.96. The smallest absolute Gasteiger partial charge is 0.400 e. The van der Waals surface area contributed by atoms with Crippen LogP contribution in [0.5, 0.6) is 0 Å². The zero-order valence-electron chi connectivity index (χ0n) is 12.7. The van der Waals surface area contributed by atoms with Crippen LogP contribution in [0.15, 0.2) is 12.1 Å². The molecule has 0 aliphatic carbocycles. The summed E-state index contributed by atoms with van der Waals surface area (Å²) in [6.45, 7) is 11.3. The zero-order valence-corrected chi connectivity index (χ0v) is 12.7. The third-order valence-electron chi connectivity index (χ3n) is 4.03. The van der Waals surface area contributed by atoms with Crippen LogP contribution < -0.4 is 0 Å². The van der Waals surface area contributed by atoms with Crippen LogP contribution in [-0.4, -0.2) is 32.0 Å². The fraction of sp³-hybridized carbons (Fsp3) is 0.857. The van der Waals surface area contributed by atoms with Crippen LogP contribution in [0, 0.1) is 5.92 Å². The van der Waals surface area contributed by atoms with Gasteiger partial charge in [-0.25, -0.2) is 0 Å². The third kappa shape index (κ3) is 3.84. The predicted octanol–water partition coefficient (Wildman–Crippen LogP) is 3.24. The highest BCUT2D eigenvalue weighted by molar-refractivity contribution is 6.51. The summed E-state index contributed by atoms with van der Waals surface area (Å²) in [5, 5.41) is 0. The first-order valence-corrected chi connectivity index (χ1v) is 6.85. The Morgan fingerprint density at radius 1 is 1.17 bits per heavy atom. The Hall–Kier alpha value is -0.315. The van der Waals surface area contributed by atoms with Crippen LogP contribution in [0.25, 0.3) is 0 Å². The predicted molar refractivity (Wildman–Crippen MR) is 75.5 cm³/mol. The van der Waals surface area contributed by atoms with Gasteiger partial charge in [-0.05, 0) is 46.5 Å². The lowest BCUT2D eigenvalue weighted by Crippen LogP contribution is -2.41. The molecule has 0 aromatic heterocycles. The van der Waals surface area contributed by atoms with Crippen molar-refractivity contribution < 1.29 is 14.0 Å². The summed E-state index contributed by atoms with van der Waals surface area (Å²) in [6.07, 6.45) is 4.35. The molecule has 0 saturated carbocycles. The monoisotopic (exact) mass is 254 g/mol. The Bertz CT molecular complexity index is 271. The van der Waals surface area contributed by atoms with E-state index >= 15 is 0 Å².